The Bertz CT molecular complexity index is 1590. The van der Waals surface area contributed by atoms with Crippen LogP contribution >= 0.6 is 23.1 Å². The fourth-order valence-corrected chi connectivity index (χ4v) is 5.47. The van der Waals surface area contributed by atoms with Crippen LogP contribution in [0.2, 0.25) is 0 Å². The van der Waals surface area contributed by atoms with Gasteiger partial charge in [-0.3, -0.25) is 4.79 Å². The first kappa shape index (κ1) is 23.1. The summed E-state index contributed by atoms with van der Waals surface area (Å²) in [6, 6.07) is 7.39. The molecule has 0 aliphatic carbocycles. The Morgan fingerprint density at radius 1 is 1.17 bits per heavy atom. The fraction of sp³-hybridized carbons (Fsp3) is 0.261. The number of anilines is 1. The topological polar surface area (TPSA) is 109 Å². The average Bonchev–Trinajstić information content (AvgIpc) is 3.43. The number of benzene rings is 1. The first-order chi connectivity index (χ1) is 17.0. The molecule has 1 aromatic carbocycles. The van der Waals surface area contributed by atoms with Gasteiger partial charge in [-0.05, 0) is 24.5 Å². The van der Waals surface area contributed by atoms with E-state index >= 15 is 0 Å². The highest BCUT2D eigenvalue weighted by atomic mass is 32.2. The van der Waals surface area contributed by atoms with Gasteiger partial charge < -0.3 is 19.4 Å². The molecule has 0 aliphatic heterocycles. The molecule has 0 spiro atoms. The maximum atomic E-state index is 13.3. The van der Waals surface area contributed by atoms with E-state index < -0.39 is 0 Å². The minimum atomic E-state index is -0.183. The first-order valence-corrected chi connectivity index (χ1v) is 12.7. The van der Waals surface area contributed by atoms with E-state index in [0.717, 1.165) is 31.4 Å². The Labute approximate surface area is 208 Å². The van der Waals surface area contributed by atoms with Crippen molar-refractivity contribution < 1.29 is 9.47 Å². The SMILES string of the molecule is COc1ccc(CNc2nccc(Cn3ncc4c5sc(SC)nc5n(C)c4c3=O)n2)c(OC)c1. The summed E-state index contributed by atoms with van der Waals surface area (Å²) in [4.78, 5) is 26.8. The zero-order valence-electron chi connectivity index (χ0n) is 19.6. The summed E-state index contributed by atoms with van der Waals surface area (Å²) >= 11 is 3.16. The van der Waals surface area contributed by atoms with Gasteiger partial charge in [0.25, 0.3) is 5.56 Å². The van der Waals surface area contributed by atoms with Gasteiger partial charge in [0.1, 0.15) is 17.0 Å². The minimum absolute atomic E-state index is 0.183. The fourth-order valence-electron chi connectivity index (χ4n) is 3.87. The summed E-state index contributed by atoms with van der Waals surface area (Å²) in [6.07, 6.45) is 5.38. The maximum Gasteiger partial charge on any atom is 0.291 e. The van der Waals surface area contributed by atoms with Crippen molar-refractivity contribution in [2.24, 2.45) is 7.05 Å². The number of fused-ring (bicyclic) bond motifs is 3. The number of thiazole rings is 1. The summed E-state index contributed by atoms with van der Waals surface area (Å²) < 4.78 is 15.9. The summed E-state index contributed by atoms with van der Waals surface area (Å²) in [5.74, 6) is 1.87. The molecule has 0 bridgehead atoms. The summed E-state index contributed by atoms with van der Waals surface area (Å²) in [5.41, 5.74) is 2.80. The molecule has 0 amide bonds. The molecule has 0 aliphatic rings. The van der Waals surface area contributed by atoms with Gasteiger partial charge in [0, 0.05) is 36.8 Å². The van der Waals surface area contributed by atoms with Crippen LogP contribution in [-0.4, -0.2) is 49.8 Å². The largest absolute Gasteiger partial charge is 0.497 e. The molecular weight excluding hydrogens is 486 g/mol. The standard InChI is InChI=1S/C23H23N7O3S2/c1-29-18-16(19-20(29)28-23(34-4)35-19)11-26-30(21(18)31)12-14-7-8-24-22(27-14)25-10-13-5-6-15(32-2)9-17(13)33-3/h5-9,11H,10,12H2,1-4H3,(H,24,25,27). The van der Waals surface area contributed by atoms with Crippen LogP contribution in [0, 0.1) is 0 Å². The third-order valence-corrected chi connectivity index (χ3v) is 7.70. The lowest BCUT2D eigenvalue weighted by Crippen LogP contribution is -2.25. The molecule has 4 aromatic heterocycles. The summed E-state index contributed by atoms with van der Waals surface area (Å²) in [7, 11) is 5.09. The number of nitrogens with one attached hydrogen (secondary N) is 1. The summed E-state index contributed by atoms with van der Waals surface area (Å²) in [6.45, 7) is 0.687. The lowest BCUT2D eigenvalue weighted by molar-refractivity contribution is 0.391. The molecule has 1 N–H and O–H groups in total. The molecule has 5 aromatic rings. The predicted molar refractivity (Wildman–Crippen MR) is 138 cm³/mol. The lowest BCUT2D eigenvalue weighted by atomic mass is 10.2. The zero-order chi connectivity index (χ0) is 24.5. The molecule has 12 heteroatoms. The number of methoxy groups -OCH3 is 2. The van der Waals surface area contributed by atoms with E-state index in [9.17, 15) is 4.79 Å². The van der Waals surface area contributed by atoms with Crippen LogP contribution < -0.4 is 20.3 Å². The van der Waals surface area contributed by atoms with Crippen molar-refractivity contribution in [1.29, 1.82) is 0 Å². The highest BCUT2D eigenvalue weighted by Crippen LogP contribution is 2.34. The number of ether oxygens (including phenoxy) is 2. The van der Waals surface area contributed by atoms with Crippen molar-refractivity contribution >= 4 is 50.3 Å². The van der Waals surface area contributed by atoms with E-state index in [1.54, 1.807) is 55.8 Å². The second-order valence-electron chi connectivity index (χ2n) is 7.67. The Hall–Kier alpha value is -3.64. The van der Waals surface area contributed by atoms with Crippen LogP contribution in [0.15, 0.2) is 45.8 Å². The lowest BCUT2D eigenvalue weighted by Gasteiger charge is -2.12. The number of rotatable bonds is 8. The van der Waals surface area contributed by atoms with Gasteiger partial charge in [-0.15, -0.1) is 11.3 Å². The Morgan fingerprint density at radius 2 is 2.03 bits per heavy atom. The van der Waals surface area contributed by atoms with Gasteiger partial charge >= 0.3 is 0 Å². The second-order valence-corrected chi connectivity index (χ2v) is 9.72. The maximum absolute atomic E-state index is 13.3. The van der Waals surface area contributed by atoms with Crippen molar-refractivity contribution in [2.45, 2.75) is 17.4 Å². The van der Waals surface area contributed by atoms with Crippen molar-refractivity contribution in [2.75, 3.05) is 25.8 Å². The average molecular weight is 510 g/mol. The molecule has 180 valence electrons. The highest BCUT2D eigenvalue weighted by molar-refractivity contribution is 8.00. The Balaban J connectivity index is 1.38. The molecule has 0 saturated heterocycles. The predicted octanol–water partition coefficient (Wildman–Crippen LogP) is 3.53. The number of hydrogen-bond acceptors (Lipinski definition) is 10. The Kier molecular flexibility index (Phi) is 6.31. The molecule has 0 saturated carbocycles. The third kappa shape index (κ3) is 4.30. The molecule has 4 heterocycles. The first-order valence-electron chi connectivity index (χ1n) is 10.7. The van der Waals surface area contributed by atoms with Crippen LogP contribution in [0.25, 0.3) is 21.3 Å². The van der Waals surface area contributed by atoms with Crippen molar-refractivity contribution in [3.05, 3.63) is 58.3 Å². The van der Waals surface area contributed by atoms with Gasteiger partial charge in [0.2, 0.25) is 5.95 Å². The van der Waals surface area contributed by atoms with E-state index in [-0.39, 0.29) is 12.1 Å². The normalized spacial score (nSPS) is 11.3. The highest BCUT2D eigenvalue weighted by Gasteiger charge is 2.18. The molecule has 5 rings (SSSR count). The van der Waals surface area contributed by atoms with E-state index in [1.165, 1.54) is 4.68 Å². The molecule has 0 fully saturated rings. The number of thioether (sulfide) groups is 1. The van der Waals surface area contributed by atoms with E-state index in [4.69, 9.17) is 9.47 Å². The number of hydrogen-bond donors (Lipinski definition) is 1. The van der Waals surface area contributed by atoms with E-state index in [0.29, 0.717) is 29.5 Å². The van der Waals surface area contributed by atoms with Gasteiger partial charge in [-0.1, -0.05) is 11.8 Å². The van der Waals surface area contributed by atoms with Crippen LogP contribution in [0.3, 0.4) is 0 Å². The minimum Gasteiger partial charge on any atom is -0.497 e. The molecular formula is C23H23N7O3S2. The van der Waals surface area contributed by atoms with Crippen molar-refractivity contribution in [3.63, 3.8) is 0 Å². The van der Waals surface area contributed by atoms with Crippen molar-refractivity contribution in [3.8, 4) is 11.5 Å². The van der Waals surface area contributed by atoms with Gasteiger partial charge in [0.05, 0.1) is 37.4 Å². The van der Waals surface area contributed by atoms with Crippen LogP contribution in [0.1, 0.15) is 11.3 Å². The molecule has 0 unspecified atom stereocenters. The zero-order valence-corrected chi connectivity index (χ0v) is 21.2. The van der Waals surface area contributed by atoms with Crippen LogP contribution in [0.5, 0.6) is 11.5 Å². The summed E-state index contributed by atoms with van der Waals surface area (Å²) in [5, 5.41) is 8.45. The smallest absolute Gasteiger partial charge is 0.291 e. The number of nitrogens with zero attached hydrogens (tertiary/aromatic N) is 6. The van der Waals surface area contributed by atoms with Crippen LogP contribution in [0.4, 0.5) is 5.95 Å². The second kappa shape index (κ2) is 9.55. The molecule has 0 radical (unpaired) electrons. The molecule has 35 heavy (non-hydrogen) atoms. The van der Waals surface area contributed by atoms with Crippen molar-refractivity contribution in [1.82, 2.24) is 29.3 Å². The van der Waals surface area contributed by atoms with E-state index in [2.05, 4.69) is 25.4 Å². The molecule has 10 nitrogen and oxygen atoms in total. The van der Waals surface area contributed by atoms with Gasteiger partial charge in [-0.25, -0.2) is 19.6 Å². The quantitative estimate of drug-likeness (QED) is 0.314. The van der Waals surface area contributed by atoms with Gasteiger partial charge in [-0.2, -0.15) is 5.10 Å². The van der Waals surface area contributed by atoms with E-state index in [1.807, 2.05) is 36.1 Å². The number of aromatic nitrogens is 6. The monoisotopic (exact) mass is 509 g/mol. The Morgan fingerprint density at radius 3 is 2.80 bits per heavy atom. The molecule has 0 atom stereocenters. The van der Waals surface area contributed by atoms with Gasteiger partial charge in [0.15, 0.2) is 9.99 Å². The number of aryl methyl sites for hydroxylation is 1. The van der Waals surface area contributed by atoms with Crippen LogP contribution in [-0.2, 0) is 20.1 Å². The third-order valence-electron chi connectivity index (χ3n) is 5.64.